The topological polar surface area (TPSA) is 84.6 Å². The maximum absolute atomic E-state index is 10.5. The molecule has 2 N–H and O–H groups in total. The molecule has 0 fully saturated rings. The Hall–Kier alpha value is -2.96. The first kappa shape index (κ1) is 17.8. The molecular weight excluding hydrogens is 332 g/mol. The van der Waals surface area contributed by atoms with E-state index in [1.807, 2.05) is 47.0 Å². The fourth-order valence-electron chi connectivity index (χ4n) is 2.81. The van der Waals surface area contributed by atoms with Gasteiger partial charge in [0.05, 0.1) is 37.4 Å². The van der Waals surface area contributed by atoms with Gasteiger partial charge in [-0.25, -0.2) is 4.98 Å². The van der Waals surface area contributed by atoms with E-state index in [9.17, 15) is 15.0 Å². The molecule has 0 amide bonds. The Morgan fingerprint density at radius 1 is 1.23 bits per heavy atom. The Morgan fingerprint density at radius 2 is 2.00 bits per heavy atom. The van der Waals surface area contributed by atoms with Gasteiger partial charge in [0.15, 0.2) is 0 Å². The fraction of sp³-hybridized carbons (Fsp3) is 0.200. The van der Waals surface area contributed by atoms with Gasteiger partial charge in [-0.1, -0.05) is 12.1 Å². The van der Waals surface area contributed by atoms with E-state index >= 15 is 0 Å². The number of aliphatic hydroxyl groups excluding tert-OH is 2. The standard InChI is InChI=1S/C20H20N2O4/c1-26-17-7-5-15(6-8-17)20-21-18-11-14(3-2-10-23)4-9-19(18)22(20)12-16(25)13-24/h2-11,16,24-25H,12-13H2,1H3/b3-2+. The van der Waals surface area contributed by atoms with Crippen molar-refractivity contribution in [3.05, 3.63) is 54.1 Å². The number of carbonyl (C=O) groups is 1. The summed E-state index contributed by atoms with van der Waals surface area (Å²) in [6.45, 7) is -0.111. The van der Waals surface area contributed by atoms with Gasteiger partial charge in [-0.3, -0.25) is 4.79 Å². The van der Waals surface area contributed by atoms with Crippen LogP contribution in [-0.2, 0) is 11.3 Å². The van der Waals surface area contributed by atoms with Crippen LogP contribution in [0.5, 0.6) is 5.75 Å². The van der Waals surface area contributed by atoms with Gasteiger partial charge >= 0.3 is 0 Å². The molecule has 26 heavy (non-hydrogen) atoms. The Bertz CT molecular complexity index is 929. The van der Waals surface area contributed by atoms with Crippen LogP contribution in [-0.4, -0.2) is 45.9 Å². The summed E-state index contributed by atoms with van der Waals surface area (Å²) in [5, 5.41) is 19.2. The van der Waals surface area contributed by atoms with Crippen molar-refractivity contribution in [1.82, 2.24) is 9.55 Å². The van der Waals surface area contributed by atoms with E-state index in [4.69, 9.17) is 9.72 Å². The molecule has 2 aromatic carbocycles. The van der Waals surface area contributed by atoms with Crippen molar-refractivity contribution in [3.8, 4) is 17.1 Å². The summed E-state index contributed by atoms with van der Waals surface area (Å²) in [5.41, 5.74) is 3.32. The third-order valence-electron chi connectivity index (χ3n) is 4.09. The summed E-state index contributed by atoms with van der Waals surface area (Å²) >= 11 is 0. The lowest BCUT2D eigenvalue weighted by Crippen LogP contribution is -2.20. The maximum Gasteiger partial charge on any atom is 0.142 e. The Morgan fingerprint density at radius 3 is 2.65 bits per heavy atom. The lowest BCUT2D eigenvalue weighted by atomic mass is 10.2. The number of aromatic nitrogens is 2. The predicted molar refractivity (Wildman–Crippen MR) is 99.9 cm³/mol. The third-order valence-corrected chi connectivity index (χ3v) is 4.09. The number of allylic oxidation sites excluding steroid dienone is 1. The molecule has 3 rings (SSSR count). The lowest BCUT2D eigenvalue weighted by molar-refractivity contribution is -0.104. The van der Waals surface area contributed by atoms with Crippen LogP contribution in [0, 0.1) is 0 Å². The van der Waals surface area contributed by atoms with Crippen LogP contribution >= 0.6 is 0 Å². The molecule has 0 radical (unpaired) electrons. The molecule has 0 aliphatic carbocycles. The number of hydrogen-bond donors (Lipinski definition) is 2. The maximum atomic E-state index is 10.5. The molecule has 1 unspecified atom stereocenters. The lowest BCUT2D eigenvalue weighted by Gasteiger charge is -2.13. The highest BCUT2D eigenvalue weighted by atomic mass is 16.5. The molecule has 0 saturated carbocycles. The summed E-state index contributed by atoms with van der Waals surface area (Å²) in [7, 11) is 1.61. The Labute approximate surface area is 151 Å². The van der Waals surface area contributed by atoms with Gasteiger partial charge in [0.2, 0.25) is 0 Å². The van der Waals surface area contributed by atoms with Gasteiger partial charge in [0, 0.05) is 5.56 Å². The van der Waals surface area contributed by atoms with Gasteiger partial charge in [-0.15, -0.1) is 0 Å². The molecule has 6 heteroatoms. The van der Waals surface area contributed by atoms with Crippen molar-refractivity contribution in [2.45, 2.75) is 12.6 Å². The number of aliphatic hydroxyl groups is 2. The van der Waals surface area contributed by atoms with E-state index in [-0.39, 0.29) is 13.2 Å². The zero-order valence-electron chi connectivity index (χ0n) is 14.4. The van der Waals surface area contributed by atoms with Crippen molar-refractivity contribution in [1.29, 1.82) is 0 Å². The van der Waals surface area contributed by atoms with E-state index in [2.05, 4.69) is 0 Å². The number of imidazole rings is 1. The highest BCUT2D eigenvalue weighted by Crippen LogP contribution is 2.27. The fourth-order valence-corrected chi connectivity index (χ4v) is 2.81. The predicted octanol–water partition coefficient (Wildman–Crippen LogP) is 2.28. The average molecular weight is 352 g/mol. The van der Waals surface area contributed by atoms with Crippen molar-refractivity contribution >= 4 is 23.4 Å². The van der Waals surface area contributed by atoms with Crippen LogP contribution in [0.1, 0.15) is 5.56 Å². The first-order chi connectivity index (χ1) is 12.7. The number of methoxy groups -OCH3 is 1. The van der Waals surface area contributed by atoms with E-state index in [0.29, 0.717) is 5.82 Å². The van der Waals surface area contributed by atoms with Crippen LogP contribution < -0.4 is 4.74 Å². The second-order valence-electron chi connectivity index (χ2n) is 5.85. The molecule has 6 nitrogen and oxygen atoms in total. The quantitative estimate of drug-likeness (QED) is 0.503. The van der Waals surface area contributed by atoms with E-state index in [0.717, 1.165) is 34.2 Å². The number of fused-ring (bicyclic) bond motifs is 1. The SMILES string of the molecule is COc1ccc(-c2nc3cc(/C=C/C=O)ccc3n2CC(O)CO)cc1. The molecule has 1 aromatic heterocycles. The van der Waals surface area contributed by atoms with Gasteiger partial charge in [-0.05, 0) is 48.0 Å². The van der Waals surface area contributed by atoms with Gasteiger partial charge < -0.3 is 19.5 Å². The van der Waals surface area contributed by atoms with Crippen LogP contribution in [0.4, 0.5) is 0 Å². The molecule has 1 atom stereocenters. The van der Waals surface area contributed by atoms with Crippen LogP contribution in [0.15, 0.2) is 48.5 Å². The highest BCUT2D eigenvalue weighted by molar-refractivity contribution is 5.84. The molecule has 0 bridgehead atoms. The molecule has 134 valence electrons. The van der Waals surface area contributed by atoms with Crippen molar-refractivity contribution in [2.75, 3.05) is 13.7 Å². The van der Waals surface area contributed by atoms with Crippen molar-refractivity contribution < 1.29 is 19.7 Å². The van der Waals surface area contributed by atoms with Crippen molar-refractivity contribution in [3.63, 3.8) is 0 Å². The largest absolute Gasteiger partial charge is 0.497 e. The second kappa shape index (κ2) is 7.95. The summed E-state index contributed by atoms with van der Waals surface area (Å²) < 4.78 is 7.07. The summed E-state index contributed by atoms with van der Waals surface area (Å²) in [5.74, 6) is 1.43. The van der Waals surface area contributed by atoms with E-state index < -0.39 is 6.10 Å². The minimum atomic E-state index is -0.890. The van der Waals surface area contributed by atoms with Gasteiger partial charge in [0.1, 0.15) is 17.9 Å². The number of benzene rings is 2. The monoisotopic (exact) mass is 352 g/mol. The smallest absolute Gasteiger partial charge is 0.142 e. The number of aldehydes is 1. The second-order valence-corrected chi connectivity index (χ2v) is 5.85. The average Bonchev–Trinajstić information content (AvgIpc) is 3.03. The molecule has 0 aliphatic rings. The van der Waals surface area contributed by atoms with Gasteiger partial charge in [0.25, 0.3) is 0 Å². The van der Waals surface area contributed by atoms with E-state index in [1.165, 1.54) is 6.08 Å². The third kappa shape index (κ3) is 3.66. The zero-order chi connectivity index (χ0) is 18.5. The normalized spacial score (nSPS) is 12.6. The molecule has 0 aliphatic heterocycles. The number of rotatable bonds is 7. The zero-order valence-corrected chi connectivity index (χ0v) is 14.4. The highest BCUT2D eigenvalue weighted by Gasteiger charge is 2.15. The van der Waals surface area contributed by atoms with Gasteiger partial charge in [-0.2, -0.15) is 0 Å². The first-order valence-electron chi connectivity index (χ1n) is 8.21. The van der Waals surface area contributed by atoms with Crippen molar-refractivity contribution in [2.24, 2.45) is 0 Å². The van der Waals surface area contributed by atoms with Crippen LogP contribution in [0.25, 0.3) is 28.5 Å². The number of nitrogens with zero attached hydrogens (tertiary/aromatic N) is 2. The Kier molecular flexibility index (Phi) is 5.46. The summed E-state index contributed by atoms with van der Waals surface area (Å²) in [6, 6.07) is 13.1. The number of ether oxygens (including phenoxy) is 1. The number of carbonyl (C=O) groups excluding carboxylic acids is 1. The van der Waals surface area contributed by atoms with Crippen LogP contribution in [0.2, 0.25) is 0 Å². The Balaban J connectivity index is 2.13. The summed E-state index contributed by atoms with van der Waals surface area (Å²) in [4.78, 5) is 15.2. The number of hydrogen-bond acceptors (Lipinski definition) is 5. The first-order valence-corrected chi connectivity index (χ1v) is 8.21. The molecule has 0 spiro atoms. The molecular formula is C20H20N2O4. The molecule has 3 aromatic rings. The van der Waals surface area contributed by atoms with Crippen LogP contribution in [0.3, 0.4) is 0 Å². The minimum Gasteiger partial charge on any atom is -0.497 e. The minimum absolute atomic E-state index is 0.220. The molecule has 0 saturated heterocycles. The van der Waals surface area contributed by atoms with E-state index in [1.54, 1.807) is 13.2 Å². The molecule has 1 heterocycles. The summed E-state index contributed by atoms with van der Waals surface area (Å²) in [6.07, 6.45) is 2.97.